The van der Waals surface area contributed by atoms with Crippen LogP contribution in [0.2, 0.25) is 0 Å². The Balaban J connectivity index is 2.17. The van der Waals surface area contributed by atoms with Crippen LogP contribution >= 0.6 is 23.1 Å². The van der Waals surface area contributed by atoms with Gasteiger partial charge in [-0.1, -0.05) is 23.9 Å². The maximum Gasteiger partial charge on any atom is 0.150 e. The van der Waals surface area contributed by atoms with E-state index < -0.39 is 0 Å². The van der Waals surface area contributed by atoms with Crippen LogP contribution in [0.25, 0.3) is 0 Å². The standard InChI is InChI=1S/C13H16N2OS2/c1-9-8-17-13(15-9)18-12(7-14)10-4-3-5-11(6-10)16-2/h3-6,8,12H,7,14H2,1-2H3. The van der Waals surface area contributed by atoms with E-state index >= 15 is 0 Å². The summed E-state index contributed by atoms with van der Waals surface area (Å²) in [6.07, 6.45) is 0. The molecule has 1 aromatic heterocycles. The molecule has 96 valence electrons. The van der Waals surface area contributed by atoms with E-state index in [1.165, 1.54) is 5.56 Å². The van der Waals surface area contributed by atoms with Crippen LogP contribution in [-0.2, 0) is 0 Å². The number of aryl methyl sites for hydroxylation is 1. The number of hydrogen-bond acceptors (Lipinski definition) is 5. The molecule has 0 spiro atoms. The summed E-state index contributed by atoms with van der Waals surface area (Å²) in [6, 6.07) is 8.04. The minimum Gasteiger partial charge on any atom is -0.497 e. The Hall–Kier alpha value is -1.04. The third-order valence-corrected chi connectivity index (χ3v) is 4.89. The molecule has 2 rings (SSSR count). The van der Waals surface area contributed by atoms with Crippen molar-refractivity contribution in [1.82, 2.24) is 4.98 Å². The molecule has 1 atom stereocenters. The highest BCUT2D eigenvalue weighted by molar-refractivity contribution is 8.01. The number of methoxy groups -OCH3 is 1. The second kappa shape index (κ2) is 6.22. The van der Waals surface area contributed by atoms with E-state index in [1.807, 2.05) is 25.1 Å². The quantitative estimate of drug-likeness (QED) is 0.854. The molecule has 2 aromatic rings. The first kappa shape index (κ1) is 13.4. The first-order valence-electron chi connectivity index (χ1n) is 5.65. The molecule has 0 bridgehead atoms. The van der Waals surface area contributed by atoms with Crippen molar-refractivity contribution in [3.05, 3.63) is 40.9 Å². The number of rotatable bonds is 5. The lowest BCUT2D eigenvalue weighted by atomic mass is 10.1. The van der Waals surface area contributed by atoms with Gasteiger partial charge < -0.3 is 10.5 Å². The Kier molecular flexibility index (Phi) is 4.63. The van der Waals surface area contributed by atoms with Crippen molar-refractivity contribution in [1.29, 1.82) is 0 Å². The topological polar surface area (TPSA) is 48.1 Å². The summed E-state index contributed by atoms with van der Waals surface area (Å²) in [7, 11) is 1.67. The molecule has 1 aromatic carbocycles. The first-order chi connectivity index (χ1) is 8.72. The molecule has 0 fully saturated rings. The molecule has 1 heterocycles. The molecule has 0 aliphatic rings. The van der Waals surface area contributed by atoms with Crippen molar-refractivity contribution >= 4 is 23.1 Å². The average molecular weight is 280 g/mol. The van der Waals surface area contributed by atoms with Crippen molar-refractivity contribution in [3.8, 4) is 5.75 Å². The van der Waals surface area contributed by atoms with Gasteiger partial charge in [-0.2, -0.15) is 0 Å². The fourth-order valence-corrected chi connectivity index (χ4v) is 3.66. The lowest BCUT2D eigenvalue weighted by Crippen LogP contribution is -2.09. The predicted octanol–water partition coefficient (Wildman–Crippen LogP) is 3.25. The second-order valence-electron chi connectivity index (χ2n) is 3.87. The number of thiazole rings is 1. The van der Waals surface area contributed by atoms with Gasteiger partial charge in [0.1, 0.15) is 5.75 Å². The van der Waals surface area contributed by atoms with Crippen molar-refractivity contribution < 1.29 is 4.74 Å². The summed E-state index contributed by atoms with van der Waals surface area (Å²) in [5.74, 6) is 0.863. The average Bonchev–Trinajstić information content (AvgIpc) is 2.81. The molecule has 0 saturated heterocycles. The molecular formula is C13H16N2OS2. The number of nitrogens with two attached hydrogens (primary N) is 1. The lowest BCUT2D eigenvalue weighted by molar-refractivity contribution is 0.414. The van der Waals surface area contributed by atoms with Gasteiger partial charge in [0.15, 0.2) is 4.34 Å². The van der Waals surface area contributed by atoms with Crippen LogP contribution in [0.3, 0.4) is 0 Å². The zero-order valence-corrected chi connectivity index (χ0v) is 12.1. The summed E-state index contributed by atoms with van der Waals surface area (Å²) in [5.41, 5.74) is 8.10. The molecule has 0 aliphatic carbocycles. The number of hydrogen-bond donors (Lipinski definition) is 1. The van der Waals surface area contributed by atoms with Gasteiger partial charge in [0, 0.05) is 22.9 Å². The smallest absolute Gasteiger partial charge is 0.150 e. The van der Waals surface area contributed by atoms with Crippen LogP contribution in [0, 0.1) is 6.92 Å². The van der Waals surface area contributed by atoms with Crippen LogP contribution in [0.4, 0.5) is 0 Å². The summed E-state index contributed by atoms with van der Waals surface area (Å²) in [4.78, 5) is 4.46. The van der Waals surface area contributed by atoms with Crippen molar-refractivity contribution in [2.45, 2.75) is 16.5 Å². The molecule has 5 heteroatoms. The van der Waals surface area contributed by atoms with E-state index in [0.717, 1.165) is 15.8 Å². The van der Waals surface area contributed by atoms with Crippen LogP contribution in [0.5, 0.6) is 5.75 Å². The Morgan fingerprint density at radius 1 is 1.50 bits per heavy atom. The van der Waals surface area contributed by atoms with Gasteiger partial charge in [0.25, 0.3) is 0 Å². The van der Waals surface area contributed by atoms with Gasteiger partial charge >= 0.3 is 0 Å². The SMILES string of the molecule is COc1cccc(C(CN)Sc2nc(C)cs2)c1. The summed E-state index contributed by atoms with van der Waals surface area (Å²) in [5, 5.41) is 2.27. The van der Waals surface area contributed by atoms with E-state index in [0.29, 0.717) is 6.54 Å². The zero-order chi connectivity index (χ0) is 13.0. The lowest BCUT2D eigenvalue weighted by Gasteiger charge is -2.14. The molecule has 18 heavy (non-hydrogen) atoms. The third kappa shape index (κ3) is 3.25. The van der Waals surface area contributed by atoms with Gasteiger partial charge in [0.05, 0.1) is 7.11 Å². The first-order valence-corrected chi connectivity index (χ1v) is 7.41. The normalized spacial score (nSPS) is 12.4. The summed E-state index contributed by atoms with van der Waals surface area (Å²) >= 11 is 3.37. The molecule has 3 nitrogen and oxygen atoms in total. The van der Waals surface area contributed by atoms with Gasteiger partial charge in [-0.15, -0.1) is 11.3 Å². The van der Waals surface area contributed by atoms with Gasteiger partial charge in [-0.05, 0) is 24.6 Å². The van der Waals surface area contributed by atoms with Crippen molar-refractivity contribution in [2.24, 2.45) is 5.73 Å². The van der Waals surface area contributed by atoms with Crippen LogP contribution in [0.15, 0.2) is 34.0 Å². The minimum absolute atomic E-state index is 0.214. The van der Waals surface area contributed by atoms with E-state index in [-0.39, 0.29) is 5.25 Å². The Labute approximate surface area is 115 Å². The highest BCUT2D eigenvalue weighted by Gasteiger charge is 2.14. The number of nitrogens with zero attached hydrogens (tertiary/aromatic N) is 1. The maximum absolute atomic E-state index is 5.87. The summed E-state index contributed by atoms with van der Waals surface area (Å²) < 4.78 is 6.30. The highest BCUT2D eigenvalue weighted by Crippen LogP contribution is 2.36. The number of aromatic nitrogens is 1. The minimum atomic E-state index is 0.214. The molecular weight excluding hydrogens is 264 g/mol. The molecule has 0 aliphatic heterocycles. The van der Waals surface area contributed by atoms with Crippen molar-refractivity contribution in [2.75, 3.05) is 13.7 Å². The third-order valence-electron chi connectivity index (χ3n) is 2.52. The van der Waals surface area contributed by atoms with Gasteiger partial charge in [-0.25, -0.2) is 4.98 Å². The van der Waals surface area contributed by atoms with E-state index in [1.54, 1.807) is 30.2 Å². The highest BCUT2D eigenvalue weighted by atomic mass is 32.2. The number of thioether (sulfide) groups is 1. The second-order valence-corrected chi connectivity index (χ2v) is 6.18. The number of benzene rings is 1. The fourth-order valence-electron chi connectivity index (χ4n) is 1.60. The monoisotopic (exact) mass is 280 g/mol. The molecule has 2 N–H and O–H groups in total. The molecule has 0 saturated carbocycles. The fraction of sp³-hybridized carbons (Fsp3) is 0.308. The van der Waals surface area contributed by atoms with E-state index in [4.69, 9.17) is 10.5 Å². The van der Waals surface area contributed by atoms with E-state index in [9.17, 15) is 0 Å². The Bertz CT molecular complexity index is 513. The molecule has 1 unspecified atom stereocenters. The zero-order valence-electron chi connectivity index (χ0n) is 10.4. The number of ether oxygens (including phenoxy) is 1. The molecule has 0 amide bonds. The Morgan fingerprint density at radius 3 is 2.94 bits per heavy atom. The van der Waals surface area contributed by atoms with Crippen molar-refractivity contribution in [3.63, 3.8) is 0 Å². The Morgan fingerprint density at radius 2 is 2.33 bits per heavy atom. The summed E-state index contributed by atoms with van der Waals surface area (Å²) in [6.45, 7) is 2.58. The predicted molar refractivity (Wildman–Crippen MR) is 77.5 cm³/mol. The van der Waals surface area contributed by atoms with E-state index in [2.05, 4.69) is 16.4 Å². The largest absolute Gasteiger partial charge is 0.497 e. The maximum atomic E-state index is 5.87. The van der Waals surface area contributed by atoms with Gasteiger partial charge in [0.2, 0.25) is 0 Å². The van der Waals surface area contributed by atoms with Crippen LogP contribution in [0.1, 0.15) is 16.5 Å². The van der Waals surface area contributed by atoms with Gasteiger partial charge in [-0.3, -0.25) is 0 Å². The van der Waals surface area contributed by atoms with Crippen LogP contribution in [-0.4, -0.2) is 18.6 Å². The van der Waals surface area contributed by atoms with Crippen LogP contribution < -0.4 is 10.5 Å². The molecule has 0 radical (unpaired) electrons.